The van der Waals surface area contributed by atoms with E-state index in [0.29, 0.717) is 11.0 Å². The molecule has 4 heteroatoms. The number of nitrogens with one attached hydrogen (secondary N) is 1. The highest BCUT2D eigenvalue weighted by Gasteiger charge is 2.30. The van der Waals surface area contributed by atoms with Crippen molar-refractivity contribution in [1.82, 2.24) is 0 Å². The Balaban J connectivity index is 2.20. The van der Waals surface area contributed by atoms with E-state index in [1.165, 1.54) is 11.6 Å². The van der Waals surface area contributed by atoms with Crippen LogP contribution < -0.4 is 10.7 Å². The van der Waals surface area contributed by atoms with Crippen molar-refractivity contribution in [3.8, 4) is 0 Å². The maximum atomic E-state index is 13.3. The third-order valence-corrected chi connectivity index (χ3v) is 5.72. The molecule has 0 aliphatic rings. The first kappa shape index (κ1) is 23.8. The van der Waals surface area contributed by atoms with E-state index in [4.69, 9.17) is 4.42 Å². The maximum Gasteiger partial charge on any atom is 0.291 e. The quantitative estimate of drug-likeness (QED) is 0.476. The predicted molar refractivity (Wildman–Crippen MR) is 133 cm³/mol. The maximum absolute atomic E-state index is 13.3. The van der Waals surface area contributed by atoms with Gasteiger partial charge in [0.25, 0.3) is 5.91 Å². The zero-order valence-corrected chi connectivity index (χ0v) is 20.8. The van der Waals surface area contributed by atoms with Crippen molar-refractivity contribution in [3.63, 3.8) is 0 Å². The number of carbonyl (C=O) groups excluding carboxylic acids is 1. The van der Waals surface area contributed by atoms with Crippen molar-refractivity contribution in [1.29, 1.82) is 0 Å². The Hall–Kier alpha value is -2.88. The Labute approximate surface area is 191 Å². The van der Waals surface area contributed by atoms with Gasteiger partial charge in [-0.05, 0) is 45.1 Å². The van der Waals surface area contributed by atoms with Gasteiger partial charge in [-0.25, -0.2) is 0 Å². The lowest BCUT2D eigenvalue weighted by Gasteiger charge is -2.33. The third kappa shape index (κ3) is 4.79. The molecule has 3 rings (SSSR count). The van der Waals surface area contributed by atoms with Crippen molar-refractivity contribution in [2.45, 2.75) is 78.6 Å². The lowest BCUT2D eigenvalue weighted by Crippen LogP contribution is -2.26. The van der Waals surface area contributed by atoms with Gasteiger partial charge in [-0.2, -0.15) is 0 Å². The molecule has 1 amide bonds. The number of amides is 1. The van der Waals surface area contributed by atoms with Crippen LogP contribution in [0.4, 0.5) is 5.69 Å². The van der Waals surface area contributed by atoms with Gasteiger partial charge in [0.2, 0.25) is 0 Å². The van der Waals surface area contributed by atoms with Gasteiger partial charge < -0.3 is 9.73 Å². The second-order valence-electron chi connectivity index (χ2n) is 11.6. The standard InChI is InChI=1S/C28H35NO3/c1-26(2,3)17-14-19(27(4,5)6)24(20(15-17)28(7,8)9)29-25(31)23-16-21(30)18-12-10-11-13-22(18)32-23/h10-16H,1-9H3,(H,29,31). The average molecular weight is 434 g/mol. The van der Waals surface area contributed by atoms with Crippen molar-refractivity contribution in [2.75, 3.05) is 5.32 Å². The Morgan fingerprint density at radius 2 is 1.31 bits per heavy atom. The van der Waals surface area contributed by atoms with Crippen LogP contribution in [0.1, 0.15) is 89.6 Å². The van der Waals surface area contributed by atoms with Crippen LogP contribution in [0.15, 0.2) is 51.7 Å². The zero-order valence-electron chi connectivity index (χ0n) is 20.8. The van der Waals surface area contributed by atoms with Crippen LogP contribution in [-0.2, 0) is 16.2 Å². The van der Waals surface area contributed by atoms with E-state index in [1.54, 1.807) is 24.3 Å². The number of fused-ring (bicyclic) bond motifs is 1. The molecule has 3 aromatic rings. The van der Waals surface area contributed by atoms with Crippen molar-refractivity contribution in [2.24, 2.45) is 0 Å². The van der Waals surface area contributed by atoms with E-state index in [2.05, 4.69) is 79.8 Å². The van der Waals surface area contributed by atoms with E-state index in [0.717, 1.165) is 16.8 Å². The SMILES string of the molecule is CC(C)(C)c1cc(C(C)(C)C)c(NC(=O)c2cc(=O)c3ccccc3o2)c(C(C)(C)C)c1. The number of hydrogen-bond donors (Lipinski definition) is 1. The summed E-state index contributed by atoms with van der Waals surface area (Å²) in [5.41, 5.74) is 3.88. The van der Waals surface area contributed by atoms with Crippen molar-refractivity contribution < 1.29 is 9.21 Å². The molecule has 32 heavy (non-hydrogen) atoms. The number of benzene rings is 2. The zero-order chi connectivity index (χ0) is 24.1. The smallest absolute Gasteiger partial charge is 0.291 e. The molecule has 0 saturated carbocycles. The second kappa shape index (κ2) is 7.91. The Bertz CT molecular complexity index is 1190. The number of carbonyl (C=O) groups is 1. The van der Waals surface area contributed by atoms with E-state index >= 15 is 0 Å². The van der Waals surface area contributed by atoms with Gasteiger partial charge in [0.1, 0.15) is 5.58 Å². The summed E-state index contributed by atoms with van der Waals surface area (Å²) in [6.45, 7) is 19.5. The fourth-order valence-corrected chi connectivity index (χ4v) is 3.78. The number of rotatable bonds is 2. The molecular formula is C28H35NO3. The van der Waals surface area contributed by atoms with Crippen LogP contribution in [0, 0.1) is 0 Å². The molecule has 1 aromatic heterocycles. The van der Waals surface area contributed by atoms with Crippen LogP contribution in [0.25, 0.3) is 11.0 Å². The molecule has 0 fully saturated rings. The van der Waals surface area contributed by atoms with Crippen LogP contribution in [0.3, 0.4) is 0 Å². The summed E-state index contributed by atoms with van der Waals surface area (Å²) in [4.78, 5) is 25.8. The molecule has 2 aromatic carbocycles. The summed E-state index contributed by atoms with van der Waals surface area (Å²) < 4.78 is 5.79. The predicted octanol–water partition coefficient (Wildman–Crippen LogP) is 6.94. The Morgan fingerprint density at radius 3 is 1.81 bits per heavy atom. The monoisotopic (exact) mass is 433 g/mol. The normalized spacial score (nSPS) is 12.8. The molecule has 0 unspecified atom stereocenters. The first-order valence-corrected chi connectivity index (χ1v) is 11.1. The van der Waals surface area contributed by atoms with Crippen molar-refractivity contribution >= 4 is 22.6 Å². The molecular weight excluding hydrogens is 398 g/mol. The molecule has 0 spiro atoms. The number of para-hydroxylation sites is 1. The topological polar surface area (TPSA) is 59.3 Å². The Kier molecular flexibility index (Phi) is 5.88. The summed E-state index contributed by atoms with van der Waals surface area (Å²) in [5.74, 6) is -0.416. The van der Waals surface area contributed by atoms with Gasteiger partial charge >= 0.3 is 0 Å². The van der Waals surface area contributed by atoms with Gasteiger partial charge in [0.05, 0.1) is 5.39 Å². The average Bonchev–Trinajstić information content (AvgIpc) is 2.65. The summed E-state index contributed by atoms with van der Waals surface area (Å²) in [6, 6.07) is 12.6. The van der Waals surface area contributed by atoms with E-state index < -0.39 is 5.91 Å². The molecule has 4 nitrogen and oxygen atoms in total. The van der Waals surface area contributed by atoms with E-state index in [1.807, 2.05) is 0 Å². The van der Waals surface area contributed by atoms with Crippen LogP contribution >= 0.6 is 0 Å². The minimum atomic E-state index is -0.424. The van der Waals surface area contributed by atoms with Crippen LogP contribution in [0.2, 0.25) is 0 Å². The van der Waals surface area contributed by atoms with E-state index in [-0.39, 0.29) is 27.4 Å². The number of anilines is 1. The van der Waals surface area contributed by atoms with Gasteiger partial charge in [-0.1, -0.05) is 86.6 Å². The molecule has 0 saturated heterocycles. The fraction of sp³-hybridized carbons (Fsp3) is 0.429. The van der Waals surface area contributed by atoms with Crippen molar-refractivity contribution in [3.05, 3.63) is 75.1 Å². The molecule has 1 heterocycles. The molecule has 0 aliphatic carbocycles. The highest BCUT2D eigenvalue weighted by atomic mass is 16.3. The highest BCUT2D eigenvalue weighted by Crippen LogP contribution is 2.41. The van der Waals surface area contributed by atoms with E-state index in [9.17, 15) is 9.59 Å². The fourth-order valence-electron chi connectivity index (χ4n) is 3.78. The third-order valence-electron chi connectivity index (χ3n) is 5.72. The molecule has 1 N–H and O–H groups in total. The van der Waals surface area contributed by atoms with Gasteiger partial charge in [-0.3, -0.25) is 9.59 Å². The first-order valence-electron chi connectivity index (χ1n) is 11.1. The summed E-state index contributed by atoms with van der Waals surface area (Å²) >= 11 is 0. The molecule has 170 valence electrons. The first-order chi connectivity index (χ1) is 14.6. The van der Waals surface area contributed by atoms with Gasteiger partial charge in [0.15, 0.2) is 11.2 Å². The molecule has 0 bridgehead atoms. The van der Waals surface area contributed by atoms with Crippen LogP contribution in [0.5, 0.6) is 0 Å². The largest absolute Gasteiger partial charge is 0.451 e. The minimum Gasteiger partial charge on any atom is -0.451 e. The highest BCUT2D eigenvalue weighted by molar-refractivity contribution is 6.04. The summed E-state index contributed by atoms with van der Waals surface area (Å²) in [5, 5.41) is 3.57. The van der Waals surface area contributed by atoms with Gasteiger partial charge in [-0.15, -0.1) is 0 Å². The summed E-state index contributed by atoms with van der Waals surface area (Å²) in [6.07, 6.45) is 0. The lowest BCUT2D eigenvalue weighted by atomic mass is 9.74. The second-order valence-corrected chi connectivity index (χ2v) is 11.6. The molecule has 0 radical (unpaired) electrons. The van der Waals surface area contributed by atoms with Crippen LogP contribution in [-0.4, -0.2) is 5.91 Å². The molecule has 0 aliphatic heterocycles. The molecule has 0 atom stereocenters. The Morgan fingerprint density at radius 1 is 0.781 bits per heavy atom. The van der Waals surface area contributed by atoms with Gasteiger partial charge in [0, 0.05) is 11.8 Å². The lowest BCUT2D eigenvalue weighted by molar-refractivity contribution is 0.0997. The summed E-state index contributed by atoms with van der Waals surface area (Å²) in [7, 11) is 0. The minimum absolute atomic E-state index is 0.00770. The number of hydrogen-bond acceptors (Lipinski definition) is 3.